The molecule has 0 fully saturated rings. The average Bonchev–Trinajstić information content (AvgIpc) is 3.33. The second kappa shape index (κ2) is 9.51. The van der Waals surface area contributed by atoms with E-state index in [1.807, 2.05) is 84.0 Å². The predicted octanol–water partition coefficient (Wildman–Crippen LogP) is 5.25. The average molecular weight is 460 g/mol. The van der Waals surface area contributed by atoms with E-state index >= 15 is 0 Å². The van der Waals surface area contributed by atoms with Gasteiger partial charge in [-0.2, -0.15) is 0 Å². The summed E-state index contributed by atoms with van der Waals surface area (Å²) >= 11 is 0. The number of ether oxygens (including phenoxy) is 1. The highest BCUT2D eigenvalue weighted by atomic mass is 16.5. The van der Waals surface area contributed by atoms with Crippen LogP contribution in [0.25, 0.3) is 11.5 Å². The molecule has 2 aromatic carbocycles. The quantitative estimate of drug-likeness (QED) is 0.405. The van der Waals surface area contributed by atoms with Crippen molar-refractivity contribution in [3.63, 3.8) is 0 Å². The molecule has 0 bridgehead atoms. The highest BCUT2D eigenvalue weighted by Crippen LogP contribution is 2.25. The minimum absolute atomic E-state index is 0.111. The lowest BCUT2D eigenvalue weighted by Gasteiger charge is -2.09. The molecule has 0 aliphatic rings. The molecule has 0 atom stereocenters. The third kappa shape index (κ3) is 5.01. The van der Waals surface area contributed by atoms with Crippen LogP contribution in [-0.4, -0.2) is 32.0 Å². The van der Waals surface area contributed by atoms with E-state index in [9.17, 15) is 4.79 Å². The van der Waals surface area contributed by atoms with Crippen LogP contribution in [-0.2, 0) is 6.54 Å². The van der Waals surface area contributed by atoms with Crippen LogP contribution in [0.2, 0.25) is 0 Å². The fourth-order valence-electron chi connectivity index (χ4n) is 3.64. The van der Waals surface area contributed by atoms with Crippen molar-refractivity contribution in [2.75, 3.05) is 5.32 Å². The summed E-state index contributed by atoms with van der Waals surface area (Å²) in [6.07, 6.45) is 0.111. The standard InChI is InChI=1S/C26H29N5O3/c1-15(2)33-21-10-8-20(9-11-21)26-28-23(19(6)34-26)14-31-18(5)24(29-30-31)25(32)27-22-12-7-16(3)13-17(22)4/h7-13,15H,14H2,1-6H3,(H,27,32). The maximum atomic E-state index is 12.8. The lowest BCUT2D eigenvalue weighted by molar-refractivity contribution is 0.102. The van der Waals surface area contributed by atoms with E-state index in [1.54, 1.807) is 4.68 Å². The van der Waals surface area contributed by atoms with E-state index in [0.29, 0.717) is 23.9 Å². The van der Waals surface area contributed by atoms with Crippen molar-refractivity contribution in [2.45, 2.75) is 54.2 Å². The van der Waals surface area contributed by atoms with Crippen molar-refractivity contribution in [1.82, 2.24) is 20.0 Å². The number of oxazole rings is 1. The van der Waals surface area contributed by atoms with Crippen LogP contribution in [0.3, 0.4) is 0 Å². The number of hydrogen-bond acceptors (Lipinski definition) is 6. The normalized spacial score (nSPS) is 11.1. The Kier molecular flexibility index (Phi) is 6.49. The fourth-order valence-corrected chi connectivity index (χ4v) is 3.64. The summed E-state index contributed by atoms with van der Waals surface area (Å²) < 4.78 is 13.2. The molecule has 0 aliphatic carbocycles. The molecule has 2 heterocycles. The first-order valence-electron chi connectivity index (χ1n) is 11.2. The Morgan fingerprint density at radius 3 is 2.50 bits per heavy atom. The number of hydrogen-bond donors (Lipinski definition) is 1. The van der Waals surface area contributed by atoms with Gasteiger partial charge in [0, 0.05) is 11.3 Å². The predicted molar refractivity (Wildman–Crippen MR) is 130 cm³/mol. The van der Waals surface area contributed by atoms with Crippen LogP contribution in [0.5, 0.6) is 5.75 Å². The van der Waals surface area contributed by atoms with Gasteiger partial charge in [-0.05, 0) is 77.4 Å². The maximum absolute atomic E-state index is 12.8. The van der Waals surface area contributed by atoms with Crippen molar-refractivity contribution < 1.29 is 13.9 Å². The number of nitrogens with one attached hydrogen (secondary N) is 1. The van der Waals surface area contributed by atoms with E-state index in [0.717, 1.165) is 33.8 Å². The Bertz CT molecular complexity index is 1320. The summed E-state index contributed by atoms with van der Waals surface area (Å²) in [5.41, 5.74) is 5.41. The third-order valence-electron chi connectivity index (χ3n) is 5.49. The smallest absolute Gasteiger partial charge is 0.278 e. The van der Waals surface area contributed by atoms with Crippen molar-refractivity contribution in [1.29, 1.82) is 0 Å². The molecule has 0 saturated heterocycles. The van der Waals surface area contributed by atoms with Crippen LogP contribution in [0.1, 0.15) is 52.6 Å². The Morgan fingerprint density at radius 2 is 1.82 bits per heavy atom. The van der Waals surface area contributed by atoms with Gasteiger partial charge in [-0.25, -0.2) is 9.67 Å². The largest absolute Gasteiger partial charge is 0.491 e. The molecular weight excluding hydrogens is 430 g/mol. The van der Waals surface area contributed by atoms with Crippen LogP contribution < -0.4 is 10.1 Å². The number of benzene rings is 2. The Balaban J connectivity index is 1.49. The minimum Gasteiger partial charge on any atom is -0.491 e. The molecule has 0 unspecified atom stereocenters. The number of rotatable bonds is 7. The SMILES string of the molecule is Cc1ccc(NC(=O)c2nnn(Cc3nc(-c4ccc(OC(C)C)cc4)oc3C)c2C)c(C)c1. The van der Waals surface area contributed by atoms with Crippen LogP contribution in [0.4, 0.5) is 5.69 Å². The summed E-state index contributed by atoms with van der Waals surface area (Å²) in [5, 5.41) is 11.2. The lowest BCUT2D eigenvalue weighted by atomic mass is 10.1. The molecular formula is C26H29N5O3. The molecule has 0 aliphatic heterocycles. The molecule has 4 rings (SSSR count). The van der Waals surface area contributed by atoms with Crippen LogP contribution in [0, 0.1) is 27.7 Å². The highest BCUT2D eigenvalue weighted by molar-refractivity contribution is 6.03. The van der Waals surface area contributed by atoms with Crippen LogP contribution >= 0.6 is 0 Å². The molecule has 176 valence electrons. The number of carbonyl (C=O) groups is 1. The van der Waals surface area contributed by atoms with Crippen molar-refractivity contribution in [3.05, 3.63) is 76.4 Å². The minimum atomic E-state index is -0.294. The Labute approximate surface area is 199 Å². The number of nitrogens with zero attached hydrogens (tertiary/aromatic N) is 4. The maximum Gasteiger partial charge on any atom is 0.278 e. The lowest BCUT2D eigenvalue weighted by Crippen LogP contribution is -2.15. The van der Waals surface area contributed by atoms with Crippen LogP contribution in [0.15, 0.2) is 46.9 Å². The van der Waals surface area contributed by atoms with E-state index in [-0.39, 0.29) is 17.7 Å². The summed E-state index contributed by atoms with van der Waals surface area (Å²) in [6, 6.07) is 13.5. The van der Waals surface area contributed by atoms with Gasteiger partial charge in [-0.1, -0.05) is 22.9 Å². The van der Waals surface area contributed by atoms with Gasteiger partial charge in [0.25, 0.3) is 5.91 Å². The molecule has 8 heteroatoms. The van der Waals surface area contributed by atoms with Gasteiger partial charge in [0.05, 0.1) is 18.3 Å². The van der Waals surface area contributed by atoms with Gasteiger partial charge >= 0.3 is 0 Å². The molecule has 1 amide bonds. The number of aromatic nitrogens is 4. The molecule has 4 aromatic rings. The van der Waals surface area contributed by atoms with Gasteiger partial charge in [-0.15, -0.1) is 5.10 Å². The van der Waals surface area contributed by atoms with Crippen molar-refractivity contribution in [3.8, 4) is 17.2 Å². The molecule has 1 N–H and O–H groups in total. The summed E-state index contributed by atoms with van der Waals surface area (Å²) in [4.78, 5) is 17.5. The first-order valence-corrected chi connectivity index (χ1v) is 11.2. The zero-order valence-corrected chi connectivity index (χ0v) is 20.3. The second-order valence-corrected chi connectivity index (χ2v) is 8.67. The second-order valence-electron chi connectivity index (χ2n) is 8.67. The zero-order valence-electron chi connectivity index (χ0n) is 20.3. The van der Waals surface area contributed by atoms with E-state index < -0.39 is 0 Å². The summed E-state index contributed by atoms with van der Waals surface area (Å²) in [7, 11) is 0. The first-order chi connectivity index (χ1) is 16.2. The number of carbonyl (C=O) groups excluding carboxylic acids is 1. The molecule has 34 heavy (non-hydrogen) atoms. The summed E-state index contributed by atoms with van der Waals surface area (Å²) in [5.74, 6) is 1.71. The number of anilines is 1. The number of amides is 1. The number of aryl methyl sites for hydroxylation is 3. The van der Waals surface area contributed by atoms with Crippen molar-refractivity contribution >= 4 is 11.6 Å². The summed E-state index contributed by atoms with van der Waals surface area (Å²) in [6.45, 7) is 12.0. The third-order valence-corrected chi connectivity index (χ3v) is 5.49. The Hall–Kier alpha value is -3.94. The van der Waals surface area contributed by atoms with Gasteiger partial charge in [0.2, 0.25) is 5.89 Å². The van der Waals surface area contributed by atoms with E-state index in [1.165, 1.54) is 0 Å². The van der Waals surface area contributed by atoms with Gasteiger partial charge < -0.3 is 14.5 Å². The highest BCUT2D eigenvalue weighted by Gasteiger charge is 2.20. The molecule has 0 radical (unpaired) electrons. The molecule has 0 spiro atoms. The topological polar surface area (TPSA) is 95.1 Å². The zero-order chi connectivity index (χ0) is 24.4. The van der Waals surface area contributed by atoms with Gasteiger partial charge in [0.15, 0.2) is 5.69 Å². The monoisotopic (exact) mass is 459 g/mol. The molecule has 8 nitrogen and oxygen atoms in total. The van der Waals surface area contributed by atoms with Gasteiger partial charge in [0.1, 0.15) is 17.2 Å². The van der Waals surface area contributed by atoms with Crippen molar-refractivity contribution in [2.24, 2.45) is 0 Å². The Morgan fingerprint density at radius 1 is 1.09 bits per heavy atom. The fraction of sp³-hybridized carbons (Fsp3) is 0.308. The van der Waals surface area contributed by atoms with Gasteiger partial charge in [-0.3, -0.25) is 4.79 Å². The molecule has 2 aromatic heterocycles. The van der Waals surface area contributed by atoms with E-state index in [4.69, 9.17) is 9.15 Å². The van der Waals surface area contributed by atoms with E-state index in [2.05, 4.69) is 20.6 Å². The molecule has 0 saturated carbocycles. The first kappa shape index (κ1) is 23.2.